The van der Waals surface area contributed by atoms with Gasteiger partial charge in [-0.3, -0.25) is 4.79 Å². The predicted molar refractivity (Wildman–Crippen MR) is 96.0 cm³/mol. The lowest BCUT2D eigenvalue weighted by Crippen LogP contribution is -2.17. The molecule has 1 unspecified atom stereocenters. The molecule has 0 bridgehead atoms. The smallest absolute Gasteiger partial charge is 0.202 e. The molecule has 24 heavy (non-hydrogen) atoms. The normalized spacial score (nSPS) is 15.8. The Morgan fingerprint density at radius 1 is 1.17 bits per heavy atom. The number of nitrogens with zero attached hydrogens (tertiary/aromatic N) is 1. The SMILES string of the molecule is CCCNC.O=Cc1ccc(C2N=C(c3ccccc3)NO2)cc1. The maximum atomic E-state index is 10.6. The molecule has 0 amide bonds. The van der Waals surface area contributed by atoms with Gasteiger partial charge in [0.1, 0.15) is 6.29 Å². The predicted octanol–water partition coefficient (Wildman–Crippen LogP) is 3.10. The highest BCUT2D eigenvalue weighted by atomic mass is 16.7. The highest BCUT2D eigenvalue weighted by Gasteiger charge is 2.20. The van der Waals surface area contributed by atoms with Crippen molar-refractivity contribution in [3.8, 4) is 0 Å². The second-order valence-corrected chi connectivity index (χ2v) is 5.30. The maximum absolute atomic E-state index is 10.6. The van der Waals surface area contributed by atoms with Crippen molar-refractivity contribution in [2.24, 2.45) is 4.99 Å². The summed E-state index contributed by atoms with van der Waals surface area (Å²) in [6.07, 6.45) is 1.67. The van der Waals surface area contributed by atoms with Crippen molar-refractivity contribution in [1.82, 2.24) is 10.8 Å². The van der Waals surface area contributed by atoms with Crippen LogP contribution in [0.25, 0.3) is 0 Å². The summed E-state index contributed by atoms with van der Waals surface area (Å²) in [6, 6.07) is 17.0. The lowest BCUT2D eigenvalue weighted by Gasteiger charge is -2.05. The molecule has 126 valence electrons. The molecule has 0 saturated carbocycles. The molecule has 2 aromatic rings. The van der Waals surface area contributed by atoms with E-state index in [9.17, 15) is 4.79 Å². The van der Waals surface area contributed by atoms with Crippen molar-refractivity contribution in [2.45, 2.75) is 19.6 Å². The number of carbonyl (C=O) groups is 1. The number of rotatable bonds is 5. The van der Waals surface area contributed by atoms with E-state index in [4.69, 9.17) is 4.84 Å². The highest BCUT2D eigenvalue weighted by molar-refractivity contribution is 5.98. The Hall–Kier alpha value is -2.50. The third-order valence-corrected chi connectivity index (χ3v) is 3.42. The van der Waals surface area contributed by atoms with E-state index in [2.05, 4.69) is 22.7 Å². The topological polar surface area (TPSA) is 62.7 Å². The second-order valence-electron chi connectivity index (χ2n) is 5.30. The summed E-state index contributed by atoms with van der Waals surface area (Å²) < 4.78 is 0. The second kappa shape index (κ2) is 9.60. The molecular formula is C19H23N3O2. The van der Waals surface area contributed by atoms with E-state index in [0.717, 1.165) is 24.0 Å². The Bertz CT molecular complexity index is 652. The largest absolute Gasteiger partial charge is 0.320 e. The van der Waals surface area contributed by atoms with E-state index in [1.807, 2.05) is 49.5 Å². The van der Waals surface area contributed by atoms with Crippen LogP contribution in [-0.2, 0) is 4.84 Å². The number of nitrogens with one attached hydrogen (secondary N) is 2. The zero-order valence-corrected chi connectivity index (χ0v) is 14.0. The molecular weight excluding hydrogens is 302 g/mol. The van der Waals surface area contributed by atoms with Gasteiger partial charge in [0.2, 0.25) is 6.23 Å². The van der Waals surface area contributed by atoms with E-state index in [0.29, 0.717) is 11.4 Å². The van der Waals surface area contributed by atoms with Gasteiger partial charge in [-0.2, -0.15) is 0 Å². The minimum atomic E-state index is -0.379. The van der Waals surface area contributed by atoms with E-state index >= 15 is 0 Å². The minimum Gasteiger partial charge on any atom is -0.320 e. The summed E-state index contributed by atoms with van der Waals surface area (Å²) in [4.78, 5) is 20.5. The Labute approximate surface area is 142 Å². The summed E-state index contributed by atoms with van der Waals surface area (Å²) >= 11 is 0. The first-order chi connectivity index (χ1) is 11.8. The molecule has 0 fully saturated rings. The standard InChI is InChI=1S/C15H12N2O2.C4H11N/c18-10-11-6-8-13(9-7-11)15-16-14(17-19-15)12-4-2-1-3-5-12;1-3-4-5-2/h1-10,15H,(H,16,17);5H,3-4H2,1-2H3. The number of hydrogen-bond acceptors (Lipinski definition) is 5. The fourth-order valence-corrected chi connectivity index (χ4v) is 2.14. The van der Waals surface area contributed by atoms with Crippen LogP contribution in [0, 0.1) is 0 Å². The fourth-order valence-electron chi connectivity index (χ4n) is 2.14. The molecule has 0 aliphatic carbocycles. The first-order valence-electron chi connectivity index (χ1n) is 8.03. The average molecular weight is 325 g/mol. The number of hydrogen-bond donors (Lipinski definition) is 2. The molecule has 0 radical (unpaired) electrons. The van der Waals surface area contributed by atoms with E-state index < -0.39 is 0 Å². The van der Waals surface area contributed by atoms with Crippen LogP contribution in [0.2, 0.25) is 0 Å². The Morgan fingerprint density at radius 2 is 1.88 bits per heavy atom. The van der Waals surface area contributed by atoms with Gasteiger partial charge in [0, 0.05) is 16.7 Å². The number of aldehydes is 1. The maximum Gasteiger partial charge on any atom is 0.202 e. The van der Waals surface area contributed by atoms with Crippen LogP contribution >= 0.6 is 0 Å². The monoisotopic (exact) mass is 325 g/mol. The van der Waals surface area contributed by atoms with Crippen molar-refractivity contribution >= 4 is 12.1 Å². The fraction of sp³-hybridized carbons (Fsp3) is 0.263. The van der Waals surface area contributed by atoms with Gasteiger partial charge in [0.25, 0.3) is 0 Å². The van der Waals surface area contributed by atoms with Gasteiger partial charge in [-0.1, -0.05) is 61.5 Å². The molecule has 2 N–H and O–H groups in total. The van der Waals surface area contributed by atoms with Crippen molar-refractivity contribution < 1.29 is 9.63 Å². The first kappa shape index (κ1) is 17.8. The quantitative estimate of drug-likeness (QED) is 0.829. The van der Waals surface area contributed by atoms with Crippen molar-refractivity contribution in [1.29, 1.82) is 0 Å². The lowest BCUT2D eigenvalue weighted by molar-refractivity contribution is 0.0377. The summed E-state index contributed by atoms with van der Waals surface area (Å²) in [5.41, 5.74) is 5.36. The third-order valence-electron chi connectivity index (χ3n) is 3.42. The molecule has 0 aromatic heterocycles. The van der Waals surface area contributed by atoms with Crippen molar-refractivity contribution in [3.63, 3.8) is 0 Å². The number of carbonyl (C=O) groups excluding carboxylic acids is 1. The number of amidine groups is 1. The van der Waals surface area contributed by atoms with Crippen LogP contribution in [-0.4, -0.2) is 25.7 Å². The molecule has 0 saturated heterocycles. The number of benzene rings is 2. The molecule has 1 aliphatic heterocycles. The highest BCUT2D eigenvalue weighted by Crippen LogP contribution is 2.23. The molecule has 3 rings (SSSR count). The number of hydroxylamine groups is 1. The minimum absolute atomic E-state index is 0.379. The summed E-state index contributed by atoms with van der Waals surface area (Å²) in [7, 11) is 1.96. The molecule has 5 nitrogen and oxygen atoms in total. The lowest BCUT2D eigenvalue weighted by atomic mass is 10.1. The zero-order chi connectivity index (χ0) is 17.2. The molecule has 1 atom stereocenters. The Morgan fingerprint density at radius 3 is 2.42 bits per heavy atom. The third kappa shape index (κ3) is 5.01. The molecule has 0 spiro atoms. The average Bonchev–Trinajstić information content (AvgIpc) is 3.14. The van der Waals surface area contributed by atoms with Gasteiger partial charge in [-0.15, -0.1) is 0 Å². The van der Waals surface area contributed by atoms with Gasteiger partial charge in [-0.05, 0) is 20.0 Å². The first-order valence-corrected chi connectivity index (χ1v) is 8.03. The van der Waals surface area contributed by atoms with E-state index in [1.165, 1.54) is 6.42 Å². The summed E-state index contributed by atoms with van der Waals surface area (Å²) in [6.45, 7) is 3.29. The molecule has 5 heteroatoms. The van der Waals surface area contributed by atoms with Crippen LogP contribution in [0.5, 0.6) is 0 Å². The van der Waals surface area contributed by atoms with E-state index in [-0.39, 0.29) is 6.23 Å². The van der Waals surface area contributed by atoms with Crippen LogP contribution in [0.1, 0.15) is 41.1 Å². The Kier molecular flexibility index (Phi) is 7.14. The van der Waals surface area contributed by atoms with Crippen molar-refractivity contribution in [2.75, 3.05) is 13.6 Å². The Balaban J connectivity index is 0.000000368. The van der Waals surface area contributed by atoms with Gasteiger partial charge in [0.05, 0.1) is 0 Å². The van der Waals surface area contributed by atoms with E-state index in [1.54, 1.807) is 12.1 Å². The van der Waals surface area contributed by atoms with Crippen LogP contribution < -0.4 is 10.8 Å². The number of aliphatic imine (C=N–C) groups is 1. The van der Waals surface area contributed by atoms with Crippen molar-refractivity contribution in [3.05, 3.63) is 71.3 Å². The van der Waals surface area contributed by atoms with Crippen LogP contribution in [0.3, 0.4) is 0 Å². The van der Waals surface area contributed by atoms with Crippen LogP contribution in [0.4, 0.5) is 0 Å². The summed E-state index contributed by atoms with van der Waals surface area (Å²) in [5, 5.41) is 3.02. The van der Waals surface area contributed by atoms with Gasteiger partial charge in [0.15, 0.2) is 5.84 Å². The zero-order valence-electron chi connectivity index (χ0n) is 14.0. The molecule has 2 aromatic carbocycles. The van der Waals surface area contributed by atoms with Crippen LogP contribution in [0.15, 0.2) is 59.6 Å². The van der Waals surface area contributed by atoms with Gasteiger partial charge in [-0.25, -0.2) is 15.3 Å². The van der Waals surface area contributed by atoms with Gasteiger partial charge >= 0.3 is 0 Å². The van der Waals surface area contributed by atoms with Gasteiger partial charge < -0.3 is 5.32 Å². The molecule has 1 heterocycles. The molecule has 1 aliphatic rings. The summed E-state index contributed by atoms with van der Waals surface area (Å²) in [5.74, 6) is 0.713.